The van der Waals surface area contributed by atoms with Crippen molar-refractivity contribution in [1.29, 1.82) is 0 Å². The van der Waals surface area contributed by atoms with Crippen LogP contribution >= 0.6 is 11.6 Å². The molecule has 0 unspecified atom stereocenters. The van der Waals surface area contributed by atoms with E-state index in [0.29, 0.717) is 55.1 Å². The molecule has 0 radical (unpaired) electrons. The standard InChI is InChI=1S/C27H32ClF3IN7O3/c28-22-14-18(2-5-25(22)42-13-1-9-37-11-7-33-8-12-37)36-26-20-6-10-38(16-24(20)34-17-35-26)19-3-4-23(32-39(40)41)21(15-19)27(29,30)31/h2-5,14-15,33-34,39H,1,6-13,16-17H2,(H,35,36)/q-2. The average Bonchev–Trinajstić information content (AvgIpc) is 2.96. The summed E-state index contributed by atoms with van der Waals surface area (Å²) in [4.78, 5) is 8.84. The number of halogens is 5. The molecule has 0 bridgehead atoms. The maximum absolute atomic E-state index is 13.7. The van der Waals surface area contributed by atoms with Gasteiger partial charge in [-0.15, -0.1) is 0 Å². The number of quaternary nitrogens is 1. The van der Waals surface area contributed by atoms with E-state index < -0.39 is 36.7 Å². The zero-order valence-electron chi connectivity index (χ0n) is 22.7. The SMILES string of the molecule is [O-][NH+]([O-])[I-]c1ccc(N2CCC3=C(C2)NCN=C3Nc2ccc(OCCCN3CCNCC3)c(Cl)c2)cc1C(F)(F)F. The van der Waals surface area contributed by atoms with Gasteiger partial charge in [-0.05, 0) is 12.5 Å². The molecule has 0 aliphatic carbocycles. The molecule has 1 saturated heterocycles. The van der Waals surface area contributed by atoms with Gasteiger partial charge in [0.05, 0.1) is 11.6 Å². The number of aliphatic imine (C=N–C) groups is 1. The molecule has 0 atom stereocenters. The molecule has 0 amide bonds. The normalized spacial score (nSPS) is 18.2. The molecule has 0 saturated carbocycles. The van der Waals surface area contributed by atoms with Crippen molar-refractivity contribution in [1.82, 2.24) is 15.5 Å². The van der Waals surface area contributed by atoms with Gasteiger partial charge >= 0.3 is 169 Å². The van der Waals surface area contributed by atoms with E-state index in [2.05, 4.69) is 25.8 Å². The Bertz CT molecular complexity index is 1320. The Morgan fingerprint density at radius 1 is 1.12 bits per heavy atom. The van der Waals surface area contributed by atoms with E-state index in [9.17, 15) is 23.6 Å². The molecule has 0 aromatic heterocycles. The molecule has 230 valence electrons. The first kappa shape index (κ1) is 31.1. The van der Waals surface area contributed by atoms with Gasteiger partial charge in [-0.25, -0.2) is 0 Å². The summed E-state index contributed by atoms with van der Waals surface area (Å²) in [6.07, 6.45) is -3.19. The van der Waals surface area contributed by atoms with E-state index in [1.165, 1.54) is 6.07 Å². The molecule has 4 N–H and O–H groups in total. The van der Waals surface area contributed by atoms with Gasteiger partial charge in [0.25, 0.3) is 0 Å². The summed E-state index contributed by atoms with van der Waals surface area (Å²) in [5, 5.41) is 32.4. The van der Waals surface area contributed by atoms with Crippen molar-refractivity contribution in [3.8, 4) is 5.75 Å². The zero-order valence-corrected chi connectivity index (χ0v) is 25.6. The Morgan fingerprint density at radius 2 is 1.93 bits per heavy atom. The summed E-state index contributed by atoms with van der Waals surface area (Å²) >= 11 is 4.61. The molecule has 3 heterocycles. The summed E-state index contributed by atoms with van der Waals surface area (Å²) in [5.41, 5.74) is 2.05. The number of ether oxygens (including phenoxy) is 1. The van der Waals surface area contributed by atoms with Crippen LogP contribution in [0.1, 0.15) is 18.4 Å². The Kier molecular flexibility index (Phi) is 10.3. The summed E-state index contributed by atoms with van der Waals surface area (Å²) in [7, 11) is 0. The number of benzene rings is 2. The number of anilines is 2. The number of amidine groups is 1. The van der Waals surface area contributed by atoms with Crippen molar-refractivity contribution in [2.75, 3.05) is 69.3 Å². The van der Waals surface area contributed by atoms with E-state index in [1.807, 2.05) is 17.0 Å². The number of alkyl halides is 3. The third-order valence-electron chi connectivity index (χ3n) is 7.24. The summed E-state index contributed by atoms with van der Waals surface area (Å²) in [6, 6.07) is 9.36. The third-order valence-corrected chi connectivity index (χ3v) is 9.50. The summed E-state index contributed by atoms with van der Waals surface area (Å²) in [6.45, 7) is 6.86. The maximum atomic E-state index is 13.7. The van der Waals surface area contributed by atoms with Gasteiger partial charge in [0, 0.05) is 32.7 Å². The van der Waals surface area contributed by atoms with E-state index in [4.69, 9.17) is 16.3 Å². The number of rotatable bonds is 9. The van der Waals surface area contributed by atoms with Crippen LogP contribution in [0.15, 0.2) is 52.7 Å². The first-order valence-corrected chi connectivity index (χ1v) is 16.2. The van der Waals surface area contributed by atoms with Crippen molar-refractivity contribution in [2.45, 2.75) is 19.0 Å². The molecule has 1 fully saturated rings. The number of nitrogens with one attached hydrogen (secondary N) is 4. The fourth-order valence-corrected chi connectivity index (χ4v) is 6.98. The van der Waals surface area contributed by atoms with E-state index in [0.717, 1.165) is 62.2 Å². The third kappa shape index (κ3) is 7.98. The van der Waals surface area contributed by atoms with Gasteiger partial charge in [0.1, 0.15) is 5.75 Å². The summed E-state index contributed by atoms with van der Waals surface area (Å²) in [5.74, 6) is 1.31. The fourth-order valence-electron chi connectivity index (χ4n) is 5.16. The van der Waals surface area contributed by atoms with Gasteiger partial charge < -0.3 is 15.0 Å². The second-order valence-corrected chi connectivity index (χ2v) is 13.0. The predicted molar refractivity (Wildman–Crippen MR) is 152 cm³/mol. The monoisotopic (exact) mass is 721 g/mol. The van der Waals surface area contributed by atoms with Crippen LogP contribution in [0.4, 0.5) is 24.5 Å². The number of piperazine rings is 1. The van der Waals surface area contributed by atoms with Crippen molar-refractivity contribution < 1.29 is 42.8 Å². The van der Waals surface area contributed by atoms with Crippen molar-refractivity contribution in [3.05, 3.63) is 72.2 Å². The van der Waals surface area contributed by atoms with E-state index in [1.54, 1.807) is 12.1 Å². The molecule has 10 nitrogen and oxygen atoms in total. The van der Waals surface area contributed by atoms with Gasteiger partial charge in [-0.1, -0.05) is 11.6 Å². The van der Waals surface area contributed by atoms with E-state index >= 15 is 0 Å². The second-order valence-electron chi connectivity index (χ2n) is 10.0. The number of hydrogen-bond donors (Lipinski definition) is 4. The first-order chi connectivity index (χ1) is 20.2. The molecule has 2 aromatic carbocycles. The van der Waals surface area contributed by atoms with Crippen LogP contribution in [0.5, 0.6) is 5.75 Å². The predicted octanol–water partition coefficient (Wildman–Crippen LogP) is -0.377. The van der Waals surface area contributed by atoms with Crippen LogP contribution in [0, 0.1) is 14.0 Å². The molecule has 3 aliphatic rings. The molecule has 42 heavy (non-hydrogen) atoms. The Morgan fingerprint density at radius 3 is 2.67 bits per heavy atom. The topological polar surface area (TPSA) is 115 Å². The van der Waals surface area contributed by atoms with Crippen LogP contribution in [0.25, 0.3) is 0 Å². The second kappa shape index (κ2) is 14.0. The minimum atomic E-state index is -4.65. The molecule has 2 aromatic rings. The quantitative estimate of drug-likeness (QED) is 0.120. The van der Waals surface area contributed by atoms with Gasteiger partial charge in [-0.3, -0.25) is 0 Å². The molecular formula is C27H32ClF3IN7O3-2. The summed E-state index contributed by atoms with van der Waals surface area (Å²) < 4.78 is 45.3. The van der Waals surface area contributed by atoms with Crippen molar-refractivity contribution >= 4 is 28.8 Å². The van der Waals surface area contributed by atoms with Crippen LogP contribution in [0.3, 0.4) is 0 Å². The van der Waals surface area contributed by atoms with Gasteiger partial charge in [0.2, 0.25) is 0 Å². The van der Waals surface area contributed by atoms with Crippen molar-refractivity contribution in [2.24, 2.45) is 4.99 Å². The first-order valence-electron chi connectivity index (χ1n) is 13.6. The van der Waals surface area contributed by atoms with E-state index in [-0.39, 0.29) is 3.57 Å². The Hall–Kier alpha value is -2.34. The van der Waals surface area contributed by atoms with Gasteiger partial charge in [-0.2, -0.15) is 0 Å². The number of nitrogens with zero attached hydrogens (tertiary/aromatic N) is 3. The van der Waals surface area contributed by atoms with Crippen LogP contribution in [0.2, 0.25) is 5.02 Å². The van der Waals surface area contributed by atoms with Crippen LogP contribution in [-0.4, -0.2) is 69.8 Å². The number of hydrogen-bond acceptors (Lipinski definition) is 9. The zero-order chi connectivity index (χ0) is 29.7. The Balaban J connectivity index is 1.20. The minimum absolute atomic E-state index is 0.207. The molecule has 5 rings (SSSR count). The van der Waals surface area contributed by atoms with Gasteiger partial charge in [0.15, 0.2) is 0 Å². The average molecular weight is 722 g/mol. The fraction of sp³-hybridized carbons (Fsp3) is 0.444. The van der Waals surface area contributed by atoms with Crippen LogP contribution in [-0.2, 0) is 6.18 Å². The Labute approximate surface area is 257 Å². The molecule has 15 heteroatoms. The molecule has 0 spiro atoms. The van der Waals surface area contributed by atoms with Crippen LogP contribution < -0.4 is 50.5 Å². The molecular weight excluding hydrogens is 690 g/mol. The molecule has 3 aliphatic heterocycles. The van der Waals surface area contributed by atoms with Crippen molar-refractivity contribution in [3.63, 3.8) is 0 Å².